The van der Waals surface area contributed by atoms with E-state index in [-0.39, 0.29) is 31.4 Å². The number of H-pyrrole nitrogens is 1. The summed E-state index contributed by atoms with van der Waals surface area (Å²) in [7, 11) is 1.52. The Morgan fingerprint density at radius 1 is 0.983 bits per heavy atom. The van der Waals surface area contributed by atoms with Gasteiger partial charge in [0.1, 0.15) is 61.2 Å². The van der Waals surface area contributed by atoms with E-state index in [0.29, 0.717) is 40.5 Å². The quantitative estimate of drug-likeness (QED) is 0.0421. The standard InChI is InChI=1S/C42H46N4O14/c1-54-26-8-7-24-32-27(13-20-5-3-2-4-6-20)57-28-15-23(56-42-35(53)33(51)34(52)39(60-42)40(41(43)44)58-30(50)16-29(48)49)14-22(18-46-17-21-9-10-45-25(21)19-46)31(28)38(32)59-36(24)37(26)55-12-11-47/h2-10,14-15,17,19,27,32-35,38-42,45,47,51-53H,11-13,16,18,43-44H2,1H3,(H,48,49)/t27-,32+,33-,34-,35+,38-,39-,40-,42+/m0/s1. The number of hydrogen-bond donors (Lipinski definition) is 8. The highest BCUT2D eigenvalue weighted by Gasteiger charge is 2.52. The van der Waals surface area contributed by atoms with Crippen LogP contribution < -0.4 is 35.2 Å². The number of carbonyl (C=O) groups is 2. The van der Waals surface area contributed by atoms with E-state index in [4.69, 9.17) is 49.7 Å². The highest BCUT2D eigenvalue weighted by atomic mass is 16.7. The monoisotopic (exact) mass is 830 g/mol. The molecule has 0 saturated carbocycles. The first-order valence-corrected chi connectivity index (χ1v) is 19.3. The number of rotatable bonds is 15. The highest BCUT2D eigenvalue weighted by Crippen LogP contribution is 2.59. The van der Waals surface area contributed by atoms with Crippen molar-refractivity contribution in [2.24, 2.45) is 11.5 Å². The van der Waals surface area contributed by atoms with E-state index in [0.717, 1.165) is 22.0 Å². The lowest BCUT2D eigenvalue weighted by Gasteiger charge is -2.43. The van der Waals surface area contributed by atoms with Crippen molar-refractivity contribution < 1.29 is 68.3 Å². The minimum atomic E-state index is -1.90. The smallest absolute Gasteiger partial charge is 0.317 e. The van der Waals surface area contributed by atoms with Crippen molar-refractivity contribution in [2.45, 2.75) is 80.5 Å². The lowest BCUT2D eigenvalue weighted by atomic mass is 9.80. The van der Waals surface area contributed by atoms with Crippen LogP contribution in [0, 0.1) is 0 Å². The van der Waals surface area contributed by atoms with Crippen LogP contribution in [0.2, 0.25) is 0 Å². The van der Waals surface area contributed by atoms with Gasteiger partial charge in [-0.25, -0.2) is 0 Å². The zero-order chi connectivity index (χ0) is 42.2. The molecule has 0 unspecified atom stereocenters. The average Bonchev–Trinajstić information content (AvgIpc) is 3.93. The fourth-order valence-electron chi connectivity index (χ4n) is 8.26. The molecule has 318 valence electrons. The molecule has 1 fully saturated rings. The summed E-state index contributed by atoms with van der Waals surface area (Å²) in [6, 6.07) is 18.8. The van der Waals surface area contributed by atoms with E-state index < -0.39 is 73.5 Å². The minimum Gasteiger partial charge on any atom is -0.493 e. The molecule has 3 aromatic carbocycles. The Kier molecular flexibility index (Phi) is 11.6. The molecule has 0 amide bonds. The lowest BCUT2D eigenvalue weighted by molar-refractivity contribution is -0.291. The fraction of sp³-hybridized carbons (Fsp3) is 0.381. The van der Waals surface area contributed by atoms with E-state index in [1.807, 2.05) is 65.6 Å². The van der Waals surface area contributed by atoms with Crippen molar-refractivity contribution in [3.05, 3.63) is 102 Å². The molecule has 5 heterocycles. The van der Waals surface area contributed by atoms with Gasteiger partial charge in [-0.2, -0.15) is 0 Å². The summed E-state index contributed by atoms with van der Waals surface area (Å²) in [5.41, 5.74) is 15.9. The summed E-state index contributed by atoms with van der Waals surface area (Å²) in [5, 5.41) is 52.8. The van der Waals surface area contributed by atoms with Gasteiger partial charge in [0.2, 0.25) is 12.0 Å². The topological polar surface area (TPSA) is 273 Å². The van der Waals surface area contributed by atoms with Gasteiger partial charge in [0, 0.05) is 54.1 Å². The third-order valence-electron chi connectivity index (χ3n) is 10.9. The first-order chi connectivity index (χ1) is 28.9. The van der Waals surface area contributed by atoms with Crippen LogP contribution >= 0.6 is 0 Å². The fourth-order valence-corrected chi connectivity index (χ4v) is 8.26. The van der Waals surface area contributed by atoms with Crippen LogP contribution in [0.1, 0.15) is 40.7 Å². The second-order valence-corrected chi connectivity index (χ2v) is 14.9. The number of methoxy groups -OCH3 is 1. The van der Waals surface area contributed by atoms with Gasteiger partial charge < -0.3 is 79.7 Å². The number of carbonyl (C=O) groups excluding carboxylic acids is 1. The van der Waals surface area contributed by atoms with E-state index in [2.05, 4.69) is 4.98 Å². The second-order valence-electron chi connectivity index (χ2n) is 14.9. The third-order valence-corrected chi connectivity index (χ3v) is 10.9. The maximum Gasteiger partial charge on any atom is 0.317 e. The number of aliphatic carboxylic acids is 1. The number of carboxylic acids is 1. The minimum absolute atomic E-state index is 0.00314. The first kappa shape index (κ1) is 40.9. The number of esters is 1. The molecule has 9 atom stereocenters. The summed E-state index contributed by atoms with van der Waals surface area (Å²) >= 11 is 0. The van der Waals surface area contributed by atoms with Crippen molar-refractivity contribution in [2.75, 3.05) is 20.3 Å². The Balaban J connectivity index is 1.20. The van der Waals surface area contributed by atoms with Crippen molar-refractivity contribution in [1.82, 2.24) is 9.55 Å². The number of aromatic amines is 1. The molecule has 18 heteroatoms. The molecular weight excluding hydrogens is 784 g/mol. The van der Waals surface area contributed by atoms with Gasteiger partial charge in [-0.05, 0) is 29.3 Å². The summed E-state index contributed by atoms with van der Waals surface area (Å²) < 4.78 is 44.9. The van der Waals surface area contributed by atoms with Crippen molar-refractivity contribution in [3.63, 3.8) is 0 Å². The molecule has 0 radical (unpaired) electrons. The van der Waals surface area contributed by atoms with Crippen LogP contribution in [-0.2, 0) is 32.0 Å². The Bertz CT molecular complexity index is 2300. The molecule has 18 nitrogen and oxygen atoms in total. The molecule has 8 rings (SSSR count). The Labute approximate surface area is 342 Å². The maximum absolute atomic E-state index is 12.3. The number of aliphatic hydroxyl groups is 4. The van der Waals surface area contributed by atoms with Gasteiger partial charge >= 0.3 is 11.9 Å². The van der Waals surface area contributed by atoms with Gasteiger partial charge in [0.05, 0.1) is 31.3 Å². The van der Waals surface area contributed by atoms with Gasteiger partial charge in [0.15, 0.2) is 17.6 Å². The average molecular weight is 831 g/mol. The molecule has 5 aromatic rings. The van der Waals surface area contributed by atoms with Crippen molar-refractivity contribution in [1.29, 1.82) is 0 Å². The molecule has 0 bridgehead atoms. The SMILES string of the molecule is COc1ccc2c(c1OCCO)O[C@H]1c3c(Cn4cc5cc[nH]c5c4)cc(O[C@@H]4O[C@H]([C@H](OC(=O)CC(=O)O)C(N)N)[C@@H](O)[C@H](O)[C@H]4O)cc3O[C@@H](Cc3ccccc3)[C@@H]21. The number of nitrogens with zero attached hydrogens (tertiary/aromatic N) is 1. The van der Waals surface area contributed by atoms with Gasteiger partial charge in [-0.15, -0.1) is 0 Å². The Morgan fingerprint density at radius 3 is 2.50 bits per heavy atom. The molecule has 3 aliphatic rings. The zero-order valence-corrected chi connectivity index (χ0v) is 32.3. The molecule has 0 spiro atoms. The number of carboxylic acid groups (broad SMARTS) is 1. The van der Waals surface area contributed by atoms with Crippen molar-refractivity contribution >= 4 is 22.8 Å². The van der Waals surface area contributed by atoms with E-state index in [9.17, 15) is 30.0 Å². The third kappa shape index (κ3) is 7.93. The predicted molar refractivity (Wildman–Crippen MR) is 210 cm³/mol. The molecule has 2 aromatic heterocycles. The van der Waals surface area contributed by atoms with E-state index in [1.54, 1.807) is 18.2 Å². The van der Waals surface area contributed by atoms with Crippen LogP contribution in [0.15, 0.2) is 79.3 Å². The Morgan fingerprint density at radius 2 is 1.78 bits per heavy atom. The first-order valence-electron chi connectivity index (χ1n) is 19.3. The van der Waals surface area contributed by atoms with Crippen LogP contribution in [0.25, 0.3) is 10.9 Å². The summed E-state index contributed by atoms with van der Waals surface area (Å²) in [5.74, 6) is -1.28. The molecule has 3 aliphatic heterocycles. The number of ether oxygens (including phenoxy) is 7. The predicted octanol–water partition coefficient (Wildman–Crippen LogP) is 1.43. The Hall–Kier alpha value is -5.86. The van der Waals surface area contributed by atoms with Crippen LogP contribution in [0.4, 0.5) is 0 Å². The van der Waals surface area contributed by atoms with Crippen LogP contribution in [0.3, 0.4) is 0 Å². The number of aliphatic hydroxyl groups excluding tert-OH is 4. The lowest BCUT2D eigenvalue weighted by Crippen LogP contribution is -2.66. The van der Waals surface area contributed by atoms with E-state index >= 15 is 0 Å². The summed E-state index contributed by atoms with van der Waals surface area (Å²) in [4.78, 5) is 26.7. The largest absolute Gasteiger partial charge is 0.493 e. The van der Waals surface area contributed by atoms with Crippen LogP contribution in [-0.4, -0.2) is 116 Å². The van der Waals surface area contributed by atoms with Gasteiger partial charge in [-0.3, -0.25) is 9.59 Å². The van der Waals surface area contributed by atoms with Gasteiger partial charge in [-0.1, -0.05) is 36.4 Å². The molecule has 0 aliphatic carbocycles. The maximum atomic E-state index is 12.3. The number of nitrogens with one attached hydrogen (secondary N) is 1. The van der Waals surface area contributed by atoms with E-state index in [1.165, 1.54) is 7.11 Å². The second kappa shape index (κ2) is 17.0. The number of benzene rings is 3. The number of aromatic nitrogens is 2. The molecule has 60 heavy (non-hydrogen) atoms. The number of hydrogen-bond acceptors (Lipinski definition) is 15. The van der Waals surface area contributed by atoms with Gasteiger partial charge in [0.25, 0.3) is 0 Å². The summed E-state index contributed by atoms with van der Waals surface area (Å²) in [6.45, 7) is 0.0610. The zero-order valence-electron chi connectivity index (χ0n) is 32.3. The molecule has 10 N–H and O–H groups in total. The van der Waals surface area contributed by atoms with Crippen LogP contribution in [0.5, 0.6) is 28.7 Å². The molecule has 1 saturated heterocycles. The number of nitrogens with two attached hydrogens (primary N) is 2. The number of fused-ring (bicyclic) bond motifs is 6. The normalized spacial score (nSPS) is 24.7. The summed E-state index contributed by atoms with van der Waals surface area (Å²) in [6.07, 6.45) is -8.00. The highest BCUT2D eigenvalue weighted by molar-refractivity contribution is 5.90. The van der Waals surface area contributed by atoms with Crippen molar-refractivity contribution in [3.8, 4) is 28.7 Å². The molecular formula is C42H46N4O14.